The number of anilines is 1. The molecule has 0 saturated carbocycles. The lowest BCUT2D eigenvalue weighted by Gasteiger charge is -1.97. The monoisotopic (exact) mass is 409 g/mol. The van der Waals surface area contributed by atoms with Gasteiger partial charge in [0.05, 0.1) is 8.66 Å². The highest BCUT2D eigenvalue weighted by atomic mass is 79.9. The first-order valence-corrected chi connectivity index (χ1v) is 8.43. The van der Waals surface area contributed by atoms with E-state index in [-0.39, 0.29) is 11.9 Å². The van der Waals surface area contributed by atoms with Crippen LogP contribution in [0.25, 0.3) is 16.8 Å². The van der Waals surface area contributed by atoms with Crippen molar-refractivity contribution in [3.05, 3.63) is 56.8 Å². The molecule has 3 aromatic rings. The van der Waals surface area contributed by atoms with E-state index in [0.29, 0.717) is 10.9 Å². The van der Waals surface area contributed by atoms with Crippen LogP contribution in [0.4, 0.5) is 6.01 Å². The lowest BCUT2D eigenvalue weighted by atomic mass is 10.2. The van der Waals surface area contributed by atoms with Crippen LogP contribution in [0.1, 0.15) is 5.56 Å². The summed E-state index contributed by atoms with van der Waals surface area (Å²) in [6.07, 6.45) is 2.97. The molecular formula is C15H9BrClN3O2S. The van der Waals surface area contributed by atoms with Crippen molar-refractivity contribution in [2.45, 2.75) is 0 Å². The highest BCUT2D eigenvalue weighted by Gasteiger charge is 2.11. The van der Waals surface area contributed by atoms with Crippen molar-refractivity contribution >= 4 is 56.9 Å². The molecule has 1 aromatic carbocycles. The number of nitrogens with zero attached hydrogens (tertiary/aromatic N) is 2. The van der Waals surface area contributed by atoms with Crippen LogP contribution in [-0.2, 0) is 4.79 Å². The number of aromatic nitrogens is 2. The van der Waals surface area contributed by atoms with Crippen LogP contribution in [0.5, 0.6) is 0 Å². The van der Waals surface area contributed by atoms with Gasteiger partial charge in [0.25, 0.3) is 11.8 Å². The molecule has 5 nitrogen and oxygen atoms in total. The Balaban J connectivity index is 1.67. The number of thiophene rings is 1. The van der Waals surface area contributed by atoms with Crippen molar-refractivity contribution in [3.8, 4) is 10.8 Å². The fourth-order valence-corrected chi connectivity index (χ4v) is 3.23. The first-order chi connectivity index (χ1) is 11.1. The third-order valence-corrected chi connectivity index (χ3v) is 4.71. The molecule has 1 amide bonds. The van der Waals surface area contributed by atoms with Gasteiger partial charge < -0.3 is 4.42 Å². The normalized spacial score (nSPS) is 11.0. The van der Waals surface area contributed by atoms with Crippen molar-refractivity contribution in [2.24, 2.45) is 0 Å². The maximum atomic E-state index is 11.9. The molecule has 0 bridgehead atoms. The minimum atomic E-state index is -0.382. The second-order valence-corrected chi connectivity index (χ2v) is 7.23. The summed E-state index contributed by atoms with van der Waals surface area (Å²) in [4.78, 5) is 12.7. The molecule has 1 N–H and O–H groups in total. The lowest BCUT2D eigenvalue weighted by Crippen LogP contribution is -2.07. The van der Waals surface area contributed by atoms with Gasteiger partial charge in [-0.25, -0.2) is 0 Å². The molecule has 0 aliphatic carbocycles. The fraction of sp³-hybridized carbons (Fsp3) is 0. The number of hydrogen-bond acceptors (Lipinski definition) is 5. The summed E-state index contributed by atoms with van der Waals surface area (Å²) in [6, 6.07) is 11.0. The predicted molar refractivity (Wildman–Crippen MR) is 94.4 cm³/mol. The molecule has 0 spiro atoms. The molecule has 3 rings (SSSR count). The van der Waals surface area contributed by atoms with E-state index in [0.717, 1.165) is 14.2 Å². The quantitative estimate of drug-likeness (QED) is 0.623. The van der Waals surface area contributed by atoms with E-state index in [1.165, 1.54) is 17.4 Å². The molecule has 0 fully saturated rings. The maximum absolute atomic E-state index is 11.9. The molecule has 8 heteroatoms. The number of benzene rings is 1. The van der Waals surface area contributed by atoms with Crippen LogP contribution in [0.2, 0.25) is 5.02 Å². The zero-order valence-electron chi connectivity index (χ0n) is 11.5. The van der Waals surface area contributed by atoms with Gasteiger partial charge in [-0.05, 0) is 45.8 Å². The standard InChI is InChI=1S/C15H9BrClN3O2S/c16-12-7-6-11(23-12)14-19-20-15(22-14)18-13(21)8-5-9-3-1-2-4-10(9)17/h1-8H,(H,18,20,21)/b8-5+. The second-order valence-electron chi connectivity index (χ2n) is 4.36. The number of halogens is 2. The van der Waals surface area contributed by atoms with Gasteiger partial charge in [0.1, 0.15) is 0 Å². The Morgan fingerprint density at radius 1 is 1.26 bits per heavy atom. The summed E-state index contributed by atoms with van der Waals surface area (Å²) in [6.45, 7) is 0. The van der Waals surface area contributed by atoms with Gasteiger partial charge in [-0.1, -0.05) is 34.9 Å². The SMILES string of the molecule is O=C(/C=C/c1ccccc1Cl)Nc1nnc(-c2ccc(Br)s2)o1. The molecule has 116 valence electrons. The highest BCUT2D eigenvalue weighted by molar-refractivity contribution is 9.11. The van der Waals surface area contributed by atoms with Crippen molar-refractivity contribution < 1.29 is 9.21 Å². The summed E-state index contributed by atoms with van der Waals surface area (Å²) in [7, 11) is 0. The Morgan fingerprint density at radius 3 is 2.83 bits per heavy atom. The van der Waals surface area contributed by atoms with Crippen molar-refractivity contribution in [1.82, 2.24) is 10.2 Å². The summed E-state index contributed by atoms with van der Waals surface area (Å²) < 4.78 is 6.36. The van der Waals surface area contributed by atoms with Gasteiger partial charge in [-0.3, -0.25) is 10.1 Å². The maximum Gasteiger partial charge on any atom is 0.322 e. The minimum Gasteiger partial charge on any atom is -0.402 e. The summed E-state index contributed by atoms with van der Waals surface area (Å²) in [5, 5.41) is 10.8. The molecule has 0 aliphatic heterocycles. The van der Waals surface area contributed by atoms with E-state index >= 15 is 0 Å². The molecule has 2 heterocycles. The Bertz CT molecular complexity index is 875. The smallest absolute Gasteiger partial charge is 0.322 e. The number of carbonyl (C=O) groups excluding carboxylic acids is 1. The summed E-state index contributed by atoms with van der Waals surface area (Å²) >= 11 is 10.8. The summed E-state index contributed by atoms with van der Waals surface area (Å²) in [5.41, 5.74) is 0.749. The molecule has 0 radical (unpaired) electrons. The van der Waals surface area contributed by atoms with E-state index in [9.17, 15) is 4.79 Å². The number of carbonyl (C=O) groups is 1. The fourth-order valence-electron chi connectivity index (χ4n) is 1.73. The zero-order valence-corrected chi connectivity index (χ0v) is 14.7. The average molecular weight is 411 g/mol. The van der Waals surface area contributed by atoms with Gasteiger partial charge >= 0.3 is 6.01 Å². The topological polar surface area (TPSA) is 68.0 Å². The third kappa shape index (κ3) is 4.07. The molecule has 0 aliphatic rings. The van der Waals surface area contributed by atoms with Gasteiger partial charge in [-0.15, -0.1) is 16.4 Å². The van der Waals surface area contributed by atoms with E-state index < -0.39 is 0 Å². The zero-order chi connectivity index (χ0) is 16.2. The highest BCUT2D eigenvalue weighted by Crippen LogP contribution is 2.30. The Kier molecular flexibility index (Phi) is 4.90. The van der Waals surface area contributed by atoms with E-state index in [1.54, 1.807) is 12.1 Å². The number of nitrogens with one attached hydrogen (secondary N) is 1. The van der Waals surface area contributed by atoms with Gasteiger partial charge in [-0.2, -0.15) is 0 Å². The molecule has 0 saturated heterocycles. The lowest BCUT2D eigenvalue weighted by molar-refractivity contribution is -0.112. The van der Waals surface area contributed by atoms with E-state index in [1.807, 2.05) is 30.3 Å². The van der Waals surface area contributed by atoms with Gasteiger partial charge in [0, 0.05) is 11.1 Å². The molecular weight excluding hydrogens is 402 g/mol. The van der Waals surface area contributed by atoms with E-state index in [4.69, 9.17) is 16.0 Å². The Hall–Kier alpha value is -1.96. The van der Waals surface area contributed by atoms with Crippen molar-refractivity contribution in [2.75, 3.05) is 5.32 Å². The molecule has 2 aromatic heterocycles. The largest absolute Gasteiger partial charge is 0.402 e. The average Bonchev–Trinajstić information content (AvgIpc) is 3.15. The molecule has 0 unspecified atom stereocenters. The predicted octanol–water partition coefficient (Wildman–Crippen LogP) is 4.87. The second kappa shape index (κ2) is 7.08. The molecule has 23 heavy (non-hydrogen) atoms. The number of hydrogen-bond donors (Lipinski definition) is 1. The van der Waals surface area contributed by atoms with Crippen LogP contribution in [0, 0.1) is 0 Å². The van der Waals surface area contributed by atoms with Crippen LogP contribution in [0.3, 0.4) is 0 Å². The molecule has 0 atom stereocenters. The van der Waals surface area contributed by atoms with Gasteiger partial charge in [0.15, 0.2) is 0 Å². The van der Waals surface area contributed by atoms with E-state index in [2.05, 4.69) is 31.4 Å². The van der Waals surface area contributed by atoms with Gasteiger partial charge in [0.2, 0.25) is 0 Å². The third-order valence-electron chi connectivity index (χ3n) is 2.76. The van der Waals surface area contributed by atoms with Crippen LogP contribution >= 0.6 is 38.9 Å². The first kappa shape index (κ1) is 15.9. The van der Waals surface area contributed by atoms with Crippen molar-refractivity contribution in [1.29, 1.82) is 0 Å². The van der Waals surface area contributed by atoms with Crippen LogP contribution in [-0.4, -0.2) is 16.1 Å². The van der Waals surface area contributed by atoms with Crippen molar-refractivity contribution in [3.63, 3.8) is 0 Å². The Labute approximate surface area is 149 Å². The van der Waals surface area contributed by atoms with Crippen LogP contribution < -0.4 is 5.32 Å². The van der Waals surface area contributed by atoms with Crippen LogP contribution in [0.15, 0.2) is 50.7 Å². The Morgan fingerprint density at radius 2 is 2.09 bits per heavy atom. The first-order valence-electron chi connectivity index (χ1n) is 6.44. The number of rotatable bonds is 4. The minimum absolute atomic E-state index is 0.0401. The summed E-state index contributed by atoms with van der Waals surface area (Å²) in [5.74, 6) is -0.0291. The number of amides is 1.